The van der Waals surface area contributed by atoms with Gasteiger partial charge in [-0.3, -0.25) is 4.79 Å². The molecule has 2 N–H and O–H groups in total. The van der Waals surface area contributed by atoms with Gasteiger partial charge in [-0.2, -0.15) is 0 Å². The lowest BCUT2D eigenvalue weighted by Gasteiger charge is -2.22. The van der Waals surface area contributed by atoms with Crippen molar-refractivity contribution in [2.45, 2.75) is 33.4 Å². The van der Waals surface area contributed by atoms with Crippen molar-refractivity contribution in [2.24, 2.45) is 0 Å². The van der Waals surface area contributed by atoms with Crippen LogP contribution in [0.3, 0.4) is 0 Å². The number of nitrogens with zero attached hydrogens (tertiary/aromatic N) is 2. The Balaban J connectivity index is 1.49. The number of amides is 1. The Hall–Kier alpha value is -2.90. The molecule has 0 spiro atoms. The van der Waals surface area contributed by atoms with Crippen LogP contribution in [0, 0.1) is 6.92 Å². The number of nitrogens with one attached hydrogen (secondary N) is 2. The summed E-state index contributed by atoms with van der Waals surface area (Å²) >= 11 is 3.41. The summed E-state index contributed by atoms with van der Waals surface area (Å²) in [5.41, 5.74) is 8.82. The summed E-state index contributed by atoms with van der Waals surface area (Å²) in [6, 6.07) is 17.6. The number of benzene rings is 2. The minimum absolute atomic E-state index is 0.0178. The van der Waals surface area contributed by atoms with Crippen molar-refractivity contribution in [3.8, 4) is 11.3 Å². The third-order valence-corrected chi connectivity index (χ3v) is 5.82. The molecule has 0 saturated carbocycles. The highest BCUT2D eigenvalue weighted by atomic mass is 79.9. The number of hydrogen-bond acceptors (Lipinski definition) is 5. The van der Waals surface area contributed by atoms with Gasteiger partial charge < -0.3 is 14.8 Å². The Morgan fingerprint density at radius 1 is 1.20 bits per heavy atom. The van der Waals surface area contributed by atoms with E-state index in [2.05, 4.69) is 55.9 Å². The smallest absolute Gasteiger partial charge is 0.277 e. The van der Waals surface area contributed by atoms with Crippen LogP contribution in [0.15, 0.2) is 75.0 Å². The van der Waals surface area contributed by atoms with Gasteiger partial charge in [-0.15, -0.1) is 0 Å². The zero-order chi connectivity index (χ0) is 21.3. The van der Waals surface area contributed by atoms with Crippen LogP contribution in [-0.4, -0.2) is 22.1 Å². The van der Waals surface area contributed by atoms with E-state index in [0.717, 1.165) is 28.0 Å². The molecule has 6 nitrogen and oxygen atoms in total. The van der Waals surface area contributed by atoms with Crippen LogP contribution in [0.5, 0.6) is 0 Å². The Bertz CT molecular complexity index is 1100. The van der Waals surface area contributed by atoms with Crippen LogP contribution in [0.2, 0.25) is 0 Å². The van der Waals surface area contributed by atoms with Gasteiger partial charge in [0.2, 0.25) is 0 Å². The topological polar surface area (TPSA) is 70.4 Å². The minimum atomic E-state index is -0.289. The van der Waals surface area contributed by atoms with Crippen LogP contribution in [0.4, 0.5) is 0 Å². The molecule has 1 aromatic heterocycles. The van der Waals surface area contributed by atoms with E-state index in [1.807, 2.05) is 50.2 Å². The maximum Gasteiger partial charge on any atom is 0.277 e. The second-order valence-corrected chi connectivity index (χ2v) is 8.32. The number of rotatable bonds is 5. The molecule has 154 valence electrons. The molecule has 1 aliphatic rings. The number of aromatic nitrogens is 1. The van der Waals surface area contributed by atoms with Crippen molar-refractivity contribution in [2.75, 3.05) is 0 Å². The maximum absolute atomic E-state index is 12.8. The van der Waals surface area contributed by atoms with Crippen LogP contribution in [0.1, 0.15) is 35.5 Å². The predicted molar refractivity (Wildman–Crippen MR) is 119 cm³/mol. The fourth-order valence-corrected chi connectivity index (χ4v) is 3.76. The zero-order valence-electron chi connectivity index (χ0n) is 17.1. The number of halogens is 1. The van der Waals surface area contributed by atoms with Gasteiger partial charge >= 0.3 is 0 Å². The van der Waals surface area contributed by atoms with Crippen LogP contribution in [0.25, 0.3) is 11.3 Å². The molecule has 2 aromatic carbocycles. The third-order valence-electron chi connectivity index (χ3n) is 5.29. The standard InChI is InChI=1S/C23H23BrN4O2/c1-14-6-4-5-7-18(14)13-28-16(3)22(15(2)26-28)25-23(29)20-12-21(30-27-20)17-8-10-19(24)11-9-17/h4-12,15,26H,13H2,1-3H3,(H,25,29)/t15-/m1/s1. The maximum atomic E-state index is 12.8. The monoisotopic (exact) mass is 466 g/mol. The average Bonchev–Trinajstić information content (AvgIpc) is 3.32. The van der Waals surface area contributed by atoms with Crippen molar-refractivity contribution in [3.63, 3.8) is 0 Å². The highest BCUT2D eigenvalue weighted by Crippen LogP contribution is 2.24. The van der Waals surface area contributed by atoms with Gasteiger partial charge in [0, 0.05) is 21.8 Å². The molecule has 4 rings (SSSR count). The largest absolute Gasteiger partial charge is 0.355 e. The fraction of sp³-hybridized carbons (Fsp3) is 0.217. The second-order valence-electron chi connectivity index (χ2n) is 7.40. The van der Waals surface area contributed by atoms with E-state index in [9.17, 15) is 4.79 Å². The third kappa shape index (κ3) is 4.17. The van der Waals surface area contributed by atoms with E-state index in [1.54, 1.807) is 6.07 Å². The summed E-state index contributed by atoms with van der Waals surface area (Å²) in [6.45, 7) is 6.84. The first-order chi connectivity index (χ1) is 14.4. The number of carbonyl (C=O) groups excluding carboxylic acids is 1. The predicted octanol–water partition coefficient (Wildman–Crippen LogP) is 4.78. The summed E-state index contributed by atoms with van der Waals surface area (Å²) in [7, 11) is 0. The van der Waals surface area contributed by atoms with Gasteiger partial charge in [0.25, 0.3) is 5.91 Å². The zero-order valence-corrected chi connectivity index (χ0v) is 18.7. The van der Waals surface area contributed by atoms with Crippen molar-refractivity contribution in [1.82, 2.24) is 20.9 Å². The highest BCUT2D eigenvalue weighted by molar-refractivity contribution is 9.10. The number of hydrazine groups is 1. The molecule has 1 atom stereocenters. The highest BCUT2D eigenvalue weighted by Gasteiger charge is 2.28. The van der Waals surface area contributed by atoms with E-state index < -0.39 is 0 Å². The molecule has 0 radical (unpaired) electrons. The fourth-order valence-electron chi connectivity index (χ4n) is 3.49. The van der Waals surface area contributed by atoms with Gasteiger partial charge in [-0.25, -0.2) is 5.43 Å². The number of aryl methyl sites for hydroxylation is 1. The summed E-state index contributed by atoms with van der Waals surface area (Å²) in [4.78, 5) is 12.8. The number of allylic oxidation sites excluding steroid dienone is 1. The van der Waals surface area contributed by atoms with Crippen LogP contribution in [-0.2, 0) is 6.54 Å². The number of carbonyl (C=O) groups is 1. The lowest BCUT2D eigenvalue weighted by Crippen LogP contribution is -2.37. The van der Waals surface area contributed by atoms with Crippen molar-refractivity contribution in [3.05, 3.63) is 87.3 Å². The molecule has 7 heteroatoms. The van der Waals surface area contributed by atoms with E-state index >= 15 is 0 Å². The van der Waals surface area contributed by atoms with Crippen LogP contribution < -0.4 is 10.7 Å². The molecule has 2 heterocycles. The van der Waals surface area contributed by atoms with Crippen molar-refractivity contribution >= 4 is 21.8 Å². The quantitative estimate of drug-likeness (QED) is 0.565. The molecule has 0 aliphatic carbocycles. The van der Waals surface area contributed by atoms with Gasteiger partial charge in [-0.1, -0.05) is 57.5 Å². The summed E-state index contributed by atoms with van der Waals surface area (Å²) in [5.74, 6) is 0.264. The van der Waals surface area contributed by atoms with Gasteiger partial charge in [0.15, 0.2) is 11.5 Å². The molecule has 30 heavy (non-hydrogen) atoms. The SMILES string of the molecule is CC1=C(NC(=O)c2cc(-c3ccc(Br)cc3)on2)[C@@H](C)NN1Cc1ccccc1C. The van der Waals surface area contributed by atoms with Crippen LogP contribution >= 0.6 is 15.9 Å². The summed E-state index contributed by atoms with van der Waals surface area (Å²) in [5, 5.41) is 9.02. The van der Waals surface area contributed by atoms with Gasteiger partial charge in [0.05, 0.1) is 18.3 Å². The molecule has 3 aromatic rings. The van der Waals surface area contributed by atoms with E-state index in [-0.39, 0.29) is 17.6 Å². The lowest BCUT2D eigenvalue weighted by atomic mass is 10.1. The Morgan fingerprint density at radius 2 is 1.93 bits per heavy atom. The Kier molecular flexibility index (Phi) is 5.74. The van der Waals surface area contributed by atoms with E-state index in [0.29, 0.717) is 5.76 Å². The average molecular weight is 467 g/mol. The second kappa shape index (κ2) is 8.45. The molecule has 0 bridgehead atoms. The summed E-state index contributed by atoms with van der Waals surface area (Å²) < 4.78 is 6.35. The Labute approximate surface area is 184 Å². The molecule has 1 aliphatic heterocycles. The molecule has 0 unspecified atom stereocenters. The van der Waals surface area contributed by atoms with Gasteiger partial charge in [0.1, 0.15) is 0 Å². The summed E-state index contributed by atoms with van der Waals surface area (Å²) in [6.07, 6.45) is 0. The Morgan fingerprint density at radius 3 is 2.67 bits per heavy atom. The normalized spacial score (nSPS) is 16.3. The van der Waals surface area contributed by atoms with Gasteiger partial charge in [-0.05, 0) is 44.0 Å². The molecule has 0 saturated heterocycles. The first-order valence-corrected chi connectivity index (χ1v) is 10.5. The number of hydrogen-bond donors (Lipinski definition) is 2. The van der Waals surface area contributed by atoms with E-state index in [4.69, 9.17) is 4.52 Å². The lowest BCUT2D eigenvalue weighted by molar-refractivity contribution is 0.0954. The molecular weight excluding hydrogens is 444 g/mol. The molecular formula is C23H23BrN4O2. The van der Waals surface area contributed by atoms with Crippen molar-refractivity contribution in [1.29, 1.82) is 0 Å². The van der Waals surface area contributed by atoms with E-state index in [1.165, 1.54) is 11.1 Å². The van der Waals surface area contributed by atoms with Crippen molar-refractivity contribution < 1.29 is 9.32 Å². The molecule has 0 fully saturated rings. The molecule has 1 amide bonds. The first kappa shape index (κ1) is 20.4. The first-order valence-electron chi connectivity index (χ1n) is 9.75. The minimum Gasteiger partial charge on any atom is -0.355 e.